The number of aliphatic imine (C=N–C) groups is 1. The average molecular weight is 445 g/mol. The molecule has 0 amide bonds. The zero-order valence-electron chi connectivity index (χ0n) is 13.5. The highest BCUT2D eigenvalue weighted by Gasteiger charge is 2.00. The number of hydrogen-bond acceptors (Lipinski definition) is 3. The highest BCUT2D eigenvalue weighted by atomic mass is 127. The molecule has 0 saturated heterocycles. The summed E-state index contributed by atoms with van der Waals surface area (Å²) in [6.07, 6.45) is 0.931. The Morgan fingerprint density at radius 2 is 2.09 bits per heavy atom. The van der Waals surface area contributed by atoms with Crippen molar-refractivity contribution in [2.75, 3.05) is 20.2 Å². The highest BCUT2D eigenvalue weighted by molar-refractivity contribution is 14.0. The van der Waals surface area contributed by atoms with E-state index in [4.69, 9.17) is 4.74 Å². The first-order valence-corrected chi connectivity index (χ1v) is 8.37. The van der Waals surface area contributed by atoms with Crippen molar-refractivity contribution in [2.24, 2.45) is 4.99 Å². The Bertz CT molecular complexity index is 587. The normalized spacial score (nSPS) is 10.8. The van der Waals surface area contributed by atoms with Gasteiger partial charge in [0.05, 0.1) is 13.7 Å². The Labute approximate surface area is 159 Å². The first kappa shape index (κ1) is 19.8. The smallest absolute Gasteiger partial charge is 0.191 e. The van der Waals surface area contributed by atoms with Crippen molar-refractivity contribution in [3.63, 3.8) is 0 Å². The number of rotatable bonds is 7. The van der Waals surface area contributed by atoms with Crippen molar-refractivity contribution in [1.82, 2.24) is 10.6 Å². The number of methoxy groups -OCH3 is 1. The number of hydrogen-bond donors (Lipinski definition) is 2. The Morgan fingerprint density at radius 3 is 2.78 bits per heavy atom. The molecule has 126 valence electrons. The van der Waals surface area contributed by atoms with E-state index < -0.39 is 0 Å². The lowest BCUT2D eigenvalue weighted by molar-refractivity contribution is 0.414. The van der Waals surface area contributed by atoms with Crippen LogP contribution in [0.1, 0.15) is 17.4 Å². The third-order valence-corrected chi connectivity index (χ3v) is 4.02. The standard InChI is InChI=1S/C17H23N3OS.HI/c1-3-18-17(20-13-16-8-5-11-22-16)19-10-9-14-6-4-7-15(12-14)21-2;/h4-8,11-12H,3,9-10,13H2,1-2H3,(H2,18,19,20);1H. The predicted octanol–water partition coefficient (Wildman–Crippen LogP) is 3.67. The molecule has 0 fully saturated rings. The lowest BCUT2D eigenvalue weighted by Crippen LogP contribution is -2.38. The van der Waals surface area contributed by atoms with Gasteiger partial charge in [-0.1, -0.05) is 18.2 Å². The topological polar surface area (TPSA) is 45.7 Å². The summed E-state index contributed by atoms with van der Waals surface area (Å²) in [5.41, 5.74) is 1.25. The van der Waals surface area contributed by atoms with Gasteiger partial charge in [-0.15, -0.1) is 35.3 Å². The van der Waals surface area contributed by atoms with Crippen molar-refractivity contribution >= 4 is 41.3 Å². The van der Waals surface area contributed by atoms with Gasteiger partial charge in [0.1, 0.15) is 5.75 Å². The molecule has 4 nitrogen and oxygen atoms in total. The first-order valence-electron chi connectivity index (χ1n) is 7.49. The van der Waals surface area contributed by atoms with E-state index in [9.17, 15) is 0 Å². The van der Waals surface area contributed by atoms with Gasteiger partial charge in [-0.3, -0.25) is 0 Å². The molecular weight excluding hydrogens is 421 g/mol. The molecule has 6 heteroatoms. The molecule has 0 saturated carbocycles. The molecule has 0 bridgehead atoms. The fraction of sp³-hybridized carbons (Fsp3) is 0.353. The predicted molar refractivity (Wildman–Crippen MR) is 109 cm³/mol. The fourth-order valence-corrected chi connectivity index (χ4v) is 2.68. The Hall–Kier alpha value is -1.28. The summed E-state index contributed by atoms with van der Waals surface area (Å²) < 4.78 is 5.25. The van der Waals surface area contributed by atoms with Gasteiger partial charge in [0.25, 0.3) is 0 Å². The van der Waals surface area contributed by atoms with Crippen LogP contribution in [-0.2, 0) is 13.0 Å². The molecule has 2 aromatic rings. The number of ether oxygens (including phenoxy) is 1. The van der Waals surface area contributed by atoms with Crippen LogP contribution in [0.15, 0.2) is 46.8 Å². The van der Waals surface area contributed by atoms with Crippen LogP contribution in [0.25, 0.3) is 0 Å². The van der Waals surface area contributed by atoms with Crippen LogP contribution in [0.5, 0.6) is 5.75 Å². The van der Waals surface area contributed by atoms with E-state index in [1.54, 1.807) is 18.4 Å². The number of halogens is 1. The van der Waals surface area contributed by atoms with Crippen LogP contribution < -0.4 is 15.4 Å². The molecule has 0 atom stereocenters. The monoisotopic (exact) mass is 445 g/mol. The molecule has 0 unspecified atom stereocenters. The number of nitrogens with one attached hydrogen (secondary N) is 2. The van der Waals surface area contributed by atoms with E-state index in [0.29, 0.717) is 6.54 Å². The zero-order chi connectivity index (χ0) is 15.6. The summed E-state index contributed by atoms with van der Waals surface area (Å²) in [6, 6.07) is 12.3. The van der Waals surface area contributed by atoms with Gasteiger partial charge in [0.15, 0.2) is 5.96 Å². The van der Waals surface area contributed by atoms with E-state index in [1.807, 2.05) is 12.1 Å². The van der Waals surface area contributed by atoms with E-state index in [1.165, 1.54) is 10.4 Å². The molecule has 0 aliphatic rings. The minimum atomic E-state index is 0. The number of guanidine groups is 1. The van der Waals surface area contributed by atoms with E-state index in [0.717, 1.165) is 31.2 Å². The van der Waals surface area contributed by atoms with Gasteiger partial charge in [-0.2, -0.15) is 0 Å². The maximum absolute atomic E-state index is 5.25. The minimum absolute atomic E-state index is 0. The Morgan fingerprint density at radius 1 is 1.22 bits per heavy atom. The van der Waals surface area contributed by atoms with Gasteiger partial charge in [-0.25, -0.2) is 4.99 Å². The average Bonchev–Trinajstić information content (AvgIpc) is 3.06. The highest BCUT2D eigenvalue weighted by Crippen LogP contribution is 2.12. The van der Waals surface area contributed by atoms with Crippen molar-refractivity contribution in [1.29, 1.82) is 0 Å². The number of nitrogens with zero attached hydrogens (tertiary/aromatic N) is 1. The van der Waals surface area contributed by atoms with Crippen molar-refractivity contribution in [2.45, 2.75) is 19.9 Å². The van der Waals surface area contributed by atoms with Gasteiger partial charge in [-0.05, 0) is 42.5 Å². The van der Waals surface area contributed by atoms with Crippen LogP contribution in [0.3, 0.4) is 0 Å². The van der Waals surface area contributed by atoms with Gasteiger partial charge in [0, 0.05) is 18.0 Å². The SMILES string of the molecule is CCNC(=NCc1cccs1)NCCc1cccc(OC)c1.I. The molecule has 0 spiro atoms. The van der Waals surface area contributed by atoms with E-state index in [-0.39, 0.29) is 24.0 Å². The summed E-state index contributed by atoms with van der Waals surface area (Å²) in [4.78, 5) is 5.87. The Balaban J connectivity index is 0.00000264. The van der Waals surface area contributed by atoms with Crippen LogP contribution >= 0.6 is 35.3 Å². The molecule has 2 rings (SSSR count). The zero-order valence-corrected chi connectivity index (χ0v) is 16.7. The summed E-state index contributed by atoms with van der Waals surface area (Å²) in [7, 11) is 1.69. The second-order valence-electron chi connectivity index (χ2n) is 4.80. The largest absolute Gasteiger partial charge is 0.497 e. The van der Waals surface area contributed by atoms with Gasteiger partial charge >= 0.3 is 0 Å². The maximum Gasteiger partial charge on any atom is 0.191 e. The molecule has 0 radical (unpaired) electrons. The summed E-state index contributed by atoms with van der Waals surface area (Å²) >= 11 is 1.73. The van der Waals surface area contributed by atoms with E-state index in [2.05, 4.69) is 52.2 Å². The molecular formula is C17H24IN3OS. The summed E-state index contributed by atoms with van der Waals surface area (Å²) in [5, 5.41) is 8.72. The summed E-state index contributed by atoms with van der Waals surface area (Å²) in [6.45, 7) is 4.48. The second-order valence-corrected chi connectivity index (χ2v) is 5.84. The van der Waals surface area contributed by atoms with E-state index >= 15 is 0 Å². The third-order valence-electron chi connectivity index (χ3n) is 3.16. The molecule has 23 heavy (non-hydrogen) atoms. The van der Waals surface area contributed by atoms with Gasteiger partial charge < -0.3 is 15.4 Å². The van der Waals surface area contributed by atoms with Crippen molar-refractivity contribution < 1.29 is 4.74 Å². The quantitative estimate of drug-likeness (QED) is 0.389. The van der Waals surface area contributed by atoms with Crippen LogP contribution in [0.2, 0.25) is 0 Å². The summed E-state index contributed by atoms with van der Waals surface area (Å²) in [5.74, 6) is 1.76. The van der Waals surface area contributed by atoms with Gasteiger partial charge in [0.2, 0.25) is 0 Å². The van der Waals surface area contributed by atoms with Crippen LogP contribution in [0.4, 0.5) is 0 Å². The van der Waals surface area contributed by atoms with Crippen LogP contribution in [-0.4, -0.2) is 26.2 Å². The molecule has 1 aromatic carbocycles. The molecule has 0 aliphatic carbocycles. The minimum Gasteiger partial charge on any atom is -0.497 e. The molecule has 1 aromatic heterocycles. The molecule has 0 aliphatic heterocycles. The third kappa shape index (κ3) is 7.22. The van der Waals surface area contributed by atoms with Crippen LogP contribution in [0, 0.1) is 0 Å². The lowest BCUT2D eigenvalue weighted by atomic mass is 10.1. The van der Waals surface area contributed by atoms with Crippen molar-refractivity contribution in [3.05, 3.63) is 52.2 Å². The maximum atomic E-state index is 5.25. The van der Waals surface area contributed by atoms with Crippen molar-refractivity contribution in [3.8, 4) is 5.75 Å². The lowest BCUT2D eigenvalue weighted by Gasteiger charge is -2.11. The number of benzene rings is 1. The molecule has 1 heterocycles. The molecule has 2 N–H and O–H groups in total. The fourth-order valence-electron chi connectivity index (χ4n) is 2.05. The number of thiophene rings is 1. The second kappa shape index (κ2) is 11.3. The Kier molecular flexibility index (Phi) is 9.70. The first-order chi connectivity index (χ1) is 10.8.